The highest BCUT2D eigenvalue weighted by Gasteiger charge is 2.55. The molecule has 0 aliphatic carbocycles. The Labute approximate surface area is 164 Å². The van der Waals surface area contributed by atoms with E-state index in [1.165, 1.54) is 24.3 Å². The zero-order valence-electron chi connectivity index (χ0n) is 15.3. The second kappa shape index (κ2) is 7.30. The number of anilines is 2. The van der Waals surface area contributed by atoms with Crippen LogP contribution in [0.4, 0.5) is 15.8 Å². The lowest BCUT2D eigenvalue weighted by molar-refractivity contribution is -0.123. The van der Waals surface area contributed by atoms with E-state index in [0.29, 0.717) is 11.4 Å². The van der Waals surface area contributed by atoms with Crippen LogP contribution in [0.25, 0.3) is 0 Å². The molecular formula is C19H16FN5O4. The smallest absolute Gasteiger partial charge is 0.263 e. The Morgan fingerprint density at radius 2 is 1.93 bits per heavy atom. The van der Waals surface area contributed by atoms with Crippen LogP contribution in [0.5, 0.6) is 5.75 Å². The predicted octanol–water partition coefficient (Wildman–Crippen LogP) is 1.77. The minimum absolute atomic E-state index is 0.242. The van der Waals surface area contributed by atoms with Crippen molar-refractivity contribution in [1.29, 1.82) is 0 Å². The molecule has 29 heavy (non-hydrogen) atoms. The number of methoxy groups -OCH3 is 1. The fourth-order valence-electron chi connectivity index (χ4n) is 3.25. The molecule has 0 aromatic heterocycles. The topological polar surface area (TPSA) is 104 Å². The summed E-state index contributed by atoms with van der Waals surface area (Å²) >= 11 is 0. The van der Waals surface area contributed by atoms with E-state index in [-0.39, 0.29) is 12.2 Å². The number of hydrogen-bond donors (Lipinski definition) is 1. The molecule has 0 bridgehead atoms. The maximum Gasteiger partial charge on any atom is 0.263 e. The van der Waals surface area contributed by atoms with Gasteiger partial charge in [-0.2, -0.15) is 5.11 Å². The molecule has 1 N–H and O–H groups in total. The molecule has 2 aromatic carbocycles. The van der Waals surface area contributed by atoms with Gasteiger partial charge in [0, 0.05) is 11.8 Å². The SMILES string of the molecule is COc1cccc(NC(=O)CN2N=N[C@@H]3C(=O)N(c4ccc(F)cc4)C(=O)[C@@H]32)c1. The summed E-state index contributed by atoms with van der Waals surface area (Å²) in [6.45, 7) is -0.266. The van der Waals surface area contributed by atoms with Crippen LogP contribution in [0.3, 0.4) is 0 Å². The third-order valence-corrected chi connectivity index (χ3v) is 4.60. The molecule has 9 nitrogen and oxygen atoms in total. The molecule has 2 heterocycles. The quantitative estimate of drug-likeness (QED) is 0.775. The molecule has 10 heteroatoms. The lowest BCUT2D eigenvalue weighted by Gasteiger charge is -2.20. The predicted molar refractivity (Wildman–Crippen MR) is 99.7 cm³/mol. The number of rotatable bonds is 5. The number of carbonyl (C=O) groups excluding carboxylic acids is 3. The summed E-state index contributed by atoms with van der Waals surface area (Å²) in [6, 6.07) is 9.74. The minimum atomic E-state index is -1.03. The van der Waals surface area contributed by atoms with Gasteiger partial charge in [0.15, 0.2) is 12.1 Å². The standard InChI is InChI=1S/C19H16FN5O4/c1-29-14-4-2-3-12(9-14)21-15(26)10-24-17-16(22-23-24)18(27)25(19(17)28)13-7-5-11(20)6-8-13/h2-9,16-17H,10H2,1H3,(H,21,26)/t16-,17+/m0/s1. The number of hydrogen-bond acceptors (Lipinski definition) is 7. The molecule has 0 spiro atoms. The summed E-state index contributed by atoms with van der Waals surface area (Å²) < 4.78 is 18.3. The number of nitrogens with one attached hydrogen (secondary N) is 1. The lowest BCUT2D eigenvalue weighted by Crippen LogP contribution is -2.43. The maximum atomic E-state index is 13.1. The van der Waals surface area contributed by atoms with Gasteiger partial charge in [0.25, 0.3) is 11.8 Å². The number of fused-ring (bicyclic) bond motifs is 1. The Kier molecular flexibility index (Phi) is 4.67. The number of nitrogens with zero attached hydrogens (tertiary/aromatic N) is 4. The first-order valence-electron chi connectivity index (χ1n) is 8.72. The van der Waals surface area contributed by atoms with Gasteiger partial charge in [-0.3, -0.25) is 19.4 Å². The van der Waals surface area contributed by atoms with Gasteiger partial charge in [0.2, 0.25) is 5.91 Å². The number of halogens is 1. The molecule has 2 aliphatic heterocycles. The number of benzene rings is 2. The van der Waals surface area contributed by atoms with Crippen molar-refractivity contribution >= 4 is 29.1 Å². The fraction of sp³-hybridized carbons (Fsp3) is 0.211. The van der Waals surface area contributed by atoms with Crippen LogP contribution < -0.4 is 15.0 Å². The van der Waals surface area contributed by atoms with Crippen molar-refractivity contribution in [2.24, 2.45) is 10.3 Å². The van der Waals surface area contributed by atoms with E-state index in [0.717, 1.165) is 17.0 Å². The van der Waals surface area contributed by atoms with Gasteiger partial charge in [-0.05, 0) is 36.4 Å². The number of carbonyl (C=O) groups is 3. The molecule has 1 fully saturated rings. The lowest BCUT2D eigenvalue weighted by atomic mass is 10.1. The Morgan fingerprint density at radius 1 is 1.17 bits per heavy atom. The van der Waals surface area contributed by atoms with Crippen molar-refractivity contribution in [3.63, 3.8) is 0 Å². The Bertz CT molecular complexity index is 1010. The number of imide groups is 1. The van der Waals surface area contributed by atoms with E-state index in [2.05, 4.69) is 15.7 Å². The molecule has 0 saturated carbocycles. The molecule has 3 amide bonds. The van der Waals surface area contributed by atoms with Gasteiger partial charge >= 0.3 is 0 Å². The second-order valence-corrected chi connectivity index (χ2v) is 6.46. The van der Waals surface area contributed by atoms with E-state index in [1.54, 1.807) is 24.3 Å². The van der Waals surface area contributed by atoms with Crippen LogP contribution in [-0.4, -0.2) is 48.5 Å². The molecule has 1 saturated heterocycles. The average molecular weight is 397 g/mol. The first kappa shape index (κ1) is 18.5. The van der Waals surface area contributed by atoms with Crippen LogP contribution in [0.15, 0.2) is 58.9 Å². The van der Waals surface area contributed by atoms with E-state index in [1.807, 2.05) is 0 Å². The number of ether oxygens (including phenoxy) is 1. The first-order valence-corrected chi connectivity index (χ1v) is 8.72. The van der Waals surface area contributed by atoms with Gasteiger partial charge < -0.3 is 10.1 Å². The maximum absolute atomic E-state index is 13.1. The monoisotopic (exact) mass is 397 g/mol. The van der Waals surface area contributed by atoms with E-state index in [4.69, 9.17) is 4.74 Å². The molecule has 0 unspecified atom stereocenters. The third kappa shape index (κ3) is 3.40. The summed E-state index contributed by atoms with van der Waals surface area (Å²) in [5.74, 6) is -1.46. The van der Waals surface area contributed by atoms with Crippen molar-refractivity contribution in [3.8, 4) is 5.75 Å². The van der Waals surface area contributed by atoms with Gasteiger partial charge in [0.1, 0.15) is 18.1 Å². The molecule has 148 valence electrons. The Morgan fingerprint density at radius 3 is 2.66 bits per heavy atom. The van der Waals surface area contributed by atoms with Crippen LogP contribution >= 0.6 is 0 Å². The Balaban J connectivity index is 1.47. The van der Waals surface area contributed by atoms with Crippen molar-refractivity contribution in [2.75, 3.05) is 23.9 Å². The highest BCUT2D eigenvalue weighted by Crippen LogP contribution is 2.31. The van der Waals surface area contributed by atoms with Crippen molar-refractivity contribution < 1.29 is 23.5 Å². The molecule has 2 atom stereocenters. The zero-order chi connectivity index (χ0) is 20.5. The highest BCUT2D eigenvalue weighted by molar-refractivity contribution is 6.25. The van der Waals surface area contributed by atoms with E-state index in [9.17, 15) is 18.8 Å². The zero-order valence-corrected chi connectivity index (χ0v) is 15.3. The third-order valence-electron chi connectivity index (χ3n) is 4.60. The van der Waals surface area contributed by atoms with Gasteiger partial charge in [-0.1, -0.05) is 11.3 Å². The summed E-state index contributed by atoms with van der Waals surface area (Å²) in [6.07, 6.45) is 0. The normalized spacial score (nSPS) is 20.2. The average Bonchev–Trinajstić information content (AvgIpc) is 3.23. The minimum Gasteiger partial charge on any atom is -0.497 e. The second-order valence-electron chi connectivity index (χ2n) is 6.46. The van der Waals surface area contributed by atoms with Crippen LogP contribution in [0.1, 0.15) is 0 Å². The molecule has 2 aromatic rings. The van der Waals surface area contributed by atoms with Crippen molar-refractivity contribution in [1.82, 2.24) is 5.01 Å². The fourth-order valence-corrected chi connectivity index (χ4v) is 3.25. The summed E-state index contributed by atoms with van der Waals surface area (Å²) in [5.41, 5.74) is 0.760. The van der Waals surface area contributed by atoms with E-state index < -0.39 is 35.6 Å². The molecule has 0 radical (unpaired) electrons. The molecule has 2 aliphatic rings. The van der Waals surface area contributed by atoms with Crippen molar-refractivity contribution in [3.05, 3.63) is 54.3 Å². The van der Waals surface area contributed by atoms with Crippen LogP contribution in [-0.2, 0) is 14.4 Å². The Hall–Kier alpha value is -3.82. The van der Waals surface area contributed by atoms with Crippen LogP contribution in [0, 0.1) is 5.82 Å². The summed E-state index contributed by atoms with van der Waals surface area (Å²) in [4.78, 5) is 38.7. The highest BCUT2D eigenvalue weighted by atomic mass is 19.1. The van der Waals surface area contributed by atoms with Gasteiger partial charge in [-0.25, -0.2) is 9.29 Å². The van der Waals surface area contributed by atoms with Gasteiger partial charge in [-0.15, -0.1) is 0 Å². The summed E-state index contributed by atoms with van der Waals surface area (Å²) in [5, 5.41) is 11.5. The molecule has 4 rings (SSSR count). The van der Waals surface area contributed by atoms with E-state index >= 15 is 0 Å². The summed E-state index contributed by atoms with van der Waals surface area (Å²) in [7, 11) is 1.52. The van der Waals surface area contributed by atoms with Crippen LogP contribution in [0.2, 0.25) is 0 Å². The first-order chi connectivity index (χ1) is 14.0. The largest absolute Gasteiger partial charge is 0.497 e. The van der Waals surface area contributed by atoms with Gasteiger partial charge in [0.05, 0.1) is 12.8 Å². The molecular weight excluding hydrogens is 381 g/mol. The number of amides is 3. The van der Waals surface area contributed by atoms with Crippen molar-refractivity contribution in [2.45, 2.75) is 12.1 Å².